The molecular formula is C11H13F3N2O. The molecule has 0 bridgehead atoms. The lowest BCUT2D eigenvalue weighted by Crippen LogP contribution is -2.32. The van der Waals surface area contributed by atoms with E-state index in [1.807, 2.05) is 6.07 Å². The van der Waals surface area contributed by atoms with E-state index in [2.05, 4.69) is 5.43 Å². The van der Waals surface area contributed by atoms with Gasteiger partial charge in [0.05, 0.1) is 19.1 Å². The van der Waals surface area contributed by atoms with Gasteiger partial charge in [-0.05, 0) is 5.56 Å². The number of alkyl halides is 3. The molecule has 1 unspecified atom stereocenters. The van der Waals surface area contributed by atoms with E-state index in [0.29, 0.717) is 17.9 Å². The molecule has 1 aromatic carbocycles. The molecule has 2 rings (SSSR count). The topological polar surface area (TPSA) is 47.3 Å². The molecule has 1 atom stereocenters. The number of hydrogen-bond acceptors (Lipinski definition) is 3. The third kappa shape index (κ3) is 2.70. The number of nitrogens with one attached hydrogen (secondary N) is 1. The Labute approximate surface area is 96.7 Å². The van der Waals surface area contributed by atoms with Gasteiger partial charge in [-0.15, -0.1) is 0 Å². The Hall–Kier alpha value is -1.27. The third-order valence-electron chi connectivity index (χ3n) is 2.76. The van der Waals surface area contributed by atoms with Crippen molar-refractivity contribution in [2.45, 2.75) is 25.1 Å². The standard InChI is InChI=1S/C11H13F3N2O/c12-11(13,14)6-9(16-15)8-3-1-2-7-4-5-17-10(7)8/h1-3,9,16H,4-6,15H2. The fourth-order valence-electron chi connectivity index (χ4n) is 2.01. The molecule has 1 aliphatic rings. The molecule has 3 N–H and O–H groups in total. The first-order valence-corrected chi connectivity index (χ1v) is 5.29. The fraction of sp³-hybridized carbons (Fsp3) is 0.455. The minimum atomic E-state index is -4.27. The first-order chi connectivity index (χ1) is 8.01. The van der Waals surface area contributed by atoms with Gasteiger partial charge in [0, 0.05) is 12.0 Å². The van der Waals surface area contributed by atoms with Crippen LogP contribution in [0, 0.1) is 0 Å². The van der Waals surface area contributed by atoms with E-state index in [-0.39, 0.29) is 0 Å². The van der Waals surface area contributed by atoms with Crippen molar-refractivity contribution in [2.24, 2.45) is 5.84 Å². The Kier molecular flexibility index (Phi) is 3.26. The fourth-order valence-corrected chi connectivity index (χ4v) is 2.01. The molecule has 1 aliphatic heterocycles. The predicted molar refractivity (Wildman–Crippen MR) is 56.4 cm³/mol. The van der Waals surface area contributed by atoms with Crippen LogP contribution in [0.15, 0.2) is 18.2 Å². The van der Waals surface area contributed by atoms with E-state index in [9.17, 15) is 13.2 Å². The largest absolute Gasteiger partial charge is 0.493 e. The number of hydrazine groups is 1. The van der Waals surface area contributed by atoms with Crippen LogP contribution in [0.1, 0.15) is 23.6 Å². The molecule has 17 heavy (non-hydrogen) atoms. The molecule has 0 saturated heterocycles. The maximum Gasteiger partial charge on any atom is 0.390 e. The van der Waals surface area contributed by atoms with Gasteiger partial charge in [0.2, 0.25) is 0 Å². The van der Waals surface area contributed by atoms with E-state index in [4.69, 9.17) is 10.6 Å². The van der Waals surface area contributed by atoms with Crippen LogP contribution in [0.25, 0.3) is 0 Å². The zero-order valence-corrected chi connectivity index (χ0v) is 9.05. The number of nitrogens with two attached hydrogens (primary N) is 1. The summed E-state index contributed by atoms with van der Waals surface area (Å²) in [5, 5.41) is 0. The molecule has 0 amide bonds. The van der Waals surface area contributed by atoms with Crippen molar-refractivity contribution >= 4 is 0 Å². The van der Waals surface area contributed by atoms with Crippen molar-refractivity contribution in [2.75, 3.05) is 6.61 Å². The van der Waals surface area contributed by atoms with Crippen LogP contribution in [0.5, 0.6) is 5.75 Å². The average molecular weight is 246 g/mol. The number of fused-ring (bicyclic) bond motifs is 1. The van der Waals surface area contributed by atoms with Crippen LogP contribution in [0.3, 0.4) is 0 Å². The Morgan fingerprint density at radius 3 is 2.82 bits per heavy atom. The van der Waals surface area contributed by atoms with Crippen molar-refractivity contribution in [3.05, 3.63) is 29.3 Å². The second-order valence-corrected chi connectivity index (χ2v) is 3.97. The monoisotopic (exact) mass is 246 g/mol. The lowest BCUT2D eigenvalue weighted by Gasteiger charge is -2.20. The highest BCUT2D eigenvalue weighted by molar-refractivity contribution is 5.45. The summed E-state index contributed by atoms with van der Waals surface area (Å²) < 4.78 is 42.5. The smallest absolute Gasteiger partial charge is 0.390 e. The van der Waals surface area contributed by atoms with Gasteiger partial charge < -0.3 is 4.74 Å². The molecule has 94 valence electrons. The summed E-state index contributed by atoms with van der Waals surface area (Å²) >= 11 is 0. The number of rotatable bonds is 3. The first-order valence-electron chi connectivity index (χ1n) is 5.29. The van der Waals surface area contributed by atoms with E-state index in [1.54, 1.807) is 12.1 Å². The van der Waals surface area contributed by atoms with Gasteiger partial charge in [-0.3, -0.25) is 11.3 Å². The predicted octanol–water partition coefficient (Wildman–Crippen LogP) is 2.08. The molecule has 0 spiro atoms. The normalized spacial score (nSPS) is 16.5. The molecule has 0 radical (unpaired) electrons. The number of benzene rings is 1. The van der Waals surface area contributed by atoms with Gasteiger partial charge in [-0.1, -0.05) is 18.2 Å². The molecule has 1 aromatic rings. The van der Waals surface area contributed by atoms with Crippen molar-refractivity contribution in [1.82, 2.24) is 5.43 Å². The summed E-state index contributed by atoms with van der Waals surface area (Å²) in [6.45, 7) is 0.510. The third-order valence-corrected chi connectivity index (χ3v) is 2.76. The molecule has 6 heteroatoms. The quantitative estimate of drug-likeness (QED) is 0.634. The number of halogens is 3. The van der Waals surface area contributed by atoms with Crippen LogP contribution in [-0.2, 0) is 6.42 Å². The number of hydrogen-bond donors (Lipinski definition) is 2. The van der Waals surface area contributed by atoms with Gasteiger partial charge in [0.25, 0.3) is 0 Å². The molecule has 0 saturated carbocycles. The second-order valence-electron chi connectivity index (χ2n) is 3.97. The molecule has 0 aromatic heterocycles. The summed E-state index contributed by atoms with van der Waals surface area (Å²) in [6, 6.07) is 4.22. The summed E-state index contributed by atoms with van der Waals surface area (Å²) in [7, 11) is 0. The van der Waals surface area contributed by atoms with Crippen molar-refractivity contribution in [3.63, 3.8) is 0 Å². The second kappa shape index (κ2) is 4.54. The summed E-state index contributed by atoms with van der Waals surface area (Å²) in [5.74, 6) is 5.74. The SMILES string of the molecule is NNC(CC(F)(F)F)c1cccc2c1OCC2. The van der Waals surface area contributed by atoms with Gasteiger partial charge in [0.15, 0.2) is 0 Å². The summed E-state index contributed by atoms with van der Waals surface area (Å²) in [5.41, 5.74) is 3.61. The van der Waals surface area contributed by atoms with E-state index in [0.717, 1.165) is 12.0 Å². The van der Waals surface area contributed by atoms with Crippen LogP contribution >= 0.6 is 0 Å². The highest BCUT2D eigenvalue weighted by Crippen LogP contribution is 2.37. The van der Waals surface area contributed by atoms with Gasteiger partial charge in [-0.25, -0.2) is 0 Å². The van der Waals surface area contributed by atoms with Gasteiger partial charge in [0.1, 0.15) is 5.75 Å². The highest BCUT2D eigenvalue weighted by Gasteiger charge is 2.34. The molecule has 0 aliphatic carbocycles. The Bertz CT molecular complexity index is 406. The minimum Gasteiger partial charge on any atom is -0.493 e. The maximum absolute atomic E-state index is 12.4. The van der Waals surface area contributed by atoms with E-state index >= 15 is 0 Å². The van der Waals surface area contributed by atoms with Gasteiger partial charge in [-0.2, -0.15) is 13.2 Å². The zero-order chi connectivity index (χ0) is 12.5. The van der Waals surface area contributed by atoms with Crippen molar-refractivity contribution in [3.8, 4) is 5.75 Å². The summed E-state index contributed by atoms with van der Waals surface area (Å²) in [4.78, 5) is 0. The molecular weight excluding hydrogens is 233 g/mol. The summed E-state index contributed by atoms with van der Waals surface area (Å²) in [6.07, 6.45) is -4.55. The zero-order valence-electron chi connectivity index (χ0n) is 9.05. The average Bonchev–Trinajstić information content (AvgIpc) is 2.72. The van der Waals surface area contributed by atoms with Crippen LogP contribution in [-0.4, -0.2) is 12.8 Å². The number of ether oxygens (including phenoxy) is 1. The van der Waals surface area contributed by atoms with Crippen molar-refractivity contribution < 1.29 is 17.9 Å². The van der Waals surface area contributed by atoms with Crippen LogP contribution in [0.2, 0.25) is 0 Å². The van der Waals surface area contributed by atoms with E-state index < -0.39 is 18.6 Å². The van der Waals surface area contributed by atoms with Crippen LogP contribution < -0.4 is 16.0 Å². The molecule has 1 heterocycles. The number of para-hydroxylation sites is 1. The molecule has 0 fully saturated rings. The lowest BCUT2D eigenvalue weighted by atomic mass is 10.00. The van der Waals surface area contributed by atoms with Crippen molar-refractivity contribution in [1.29, 1.82) is 0 Å². The van der Waals surface area contributed by atoms with E-state index in [1.165, 1.54) is 0 Å². The maximum atomic E-state index is 12.4. The molecule has 3 nitrogen and oxygen atoms in total. The van der Waals surface area contributed by atoms with Gasteiger partial charge >= 0.3 is 6.18 Å². The Morgan fingerprint density at radius 2 is 2.18 bits per heavy atom. The lowest BCUT2D eigenvalue weighted by molar-refractivity contribution is -0.140. The van der Waals surface area contributed by atoms with Crippen LogP contribution in [0.4, 0.5) is 13.2 Å². The first kappa shape index (κ1) is 12.2. The Balaban J connectivity index is 2.29. The minimum absolute atomic E-state index is 0.472. The highest BCUT2D eigenvalue weighted by atomic mass is 19.4. The Morgan fingerprint density at radius 1 is 1.41 bits per heavy atom.